The molecule has 1 aromatic carbocycles. The highest BCUT2D eigenvalue weighted by molar-refractivity contribution is 5.81. The number of nitrogens with one attached hydrogen (secondary N) is 1. The third-order valence-corrected chi connectivity index (χ3v) is 4.88. The number of aromatic nitrogens is 2. The number of rotatable bonds is 6. The summed E-state index contributed by atoms with van der Waals surface area (Å²) in [6.45, 7) is 4.36. The standard InChI is InChI=1S/C19H26N4O3/c1-14-7-9-22(10-8-14)19(25)12-23-16-6-4-3-5-15(16)21-17(23)11-20-18(24)13-26-2/h3-6,14H,7-13H2,1-2H3,(H,20,24). The number of hydrogen-bond acceptors (Lipinski definition) is 4. The van der Waals surface area contributed by atoms with Gasteiger partial charge in [0.05, 0.1) is 17.6 Å². The largest absolute Gasteiger partial charge is 0.375 e. The van der Waals surface area contributed by atoms with Gasteiger partial charge in [-0.05, 0) is 30.9 Å². The maximum atomic E-state index is 12.8. The molecular weight excluding hydrogens is 332 g/mol. The lowest BCUT2D eigenvalue weighted by Crippen LogP contribution is -2.40. The molecule has 0 unspecified atom stereocenters. The van der Waals surface area contributed by atoms with Crippen LogP contribution in [0.5, 0.6) is 0 Å². The molecule has 1 fully saturated rings. The van der Waals surface area contributed by atoms with Gasteiger partial charge in [-0.15, -0.1) is 0 Å². The minimum Gasteiger partial charge on any atom is -0.375 e. The summed E-state index contributed by atoms with van der Waals surface area (Å²) in [5.41, 5.74) is 1.73. The van der Waals surface area contributed by atoms with Crippen LogP contribution in [0.3, 0.4) is 0 Å². The Morgan fingerprint density at radius 2 is 2.00 bits per heavy atom. The Morgan fingerprint density at radius 1 is 1.27 bits per heavy atom. The molecule has 0 spiro atoms. The van der Waals surface area contributed by atoms with Crippen molar-refractivity contribution in [3.8, 4) is 0 Å². The minimum absolute atomic E-state index is 0.00508. The first-order valence-electron chi connectivity index (χ1n) is 9.06. The third kappa shape index (κ3) is 4.22. The van der Waals surface area contributed by atoms with Crippen molar-refractivity contribution in [2.75, 3.05) is 26.8 Å². The van der Waals surface area contributed by atoms with Gasteiger partial charge in [0.25, 0.3) is 0 Å². The zero-order valence-corrected chi connectivity index (χ0v) is 15.4. The molecule has 1 aromatic heterocycles. The zero-order chi connectivity index (χ0) is 18.5. The molecule has 0 aliphatic carbocycles. The fraction of sp³-hybridized carbons (Fsp3) is 0.526. The molecule has 1 N–H and O–H groups in total. The van der Waals surface area contributed by atoms with Crippen LogP contribution in [0.25, 0.3) is 11.0 Å². The first kappa shape index (κ1) is 18.4. The molecule has 7 nitrogen and oxygen atoms in total. The lowest BCUT2D eigenvalue weighted by molar-refractivity contribution is -0.133. The molecule has 2 heterocycles. The molecule has 0 atom stereocenters. The summed E-state index contributed by atoms with van der Waals surface area (Å²) >= 11 is 0. The Morgan fingerprint density at radius 3 is 2.73 bits per heavy atom. The van der Waals surface area contributed by atoms with Gasteiger partial charge in [0.1, 0.15) is 19.0 Å². The van der Waals surface area contributed by atoms with E-state index in [0.717, 1.165) is 37.0 Å². The number of nitrogens with zero attached hydrogens (tertiary/aromatic N) is 3. The SMILES string of the molecule is COCC(=O)NCc1nc2ccccc2n1CC(=O)N1CCC(C)CC1. The molecule has 1 saturated heterocycles. The average Bonchev–Trinajstić information content (AvgIpc) is 2.98. The maximum Gasteiger partial charge on any atom is 0.246 e. The van der Waals surface area contributed by atoms with Crippen LogP contribution in [-0.2, 0) is 27.4 Å². The van der Waals surface area contributed by atoms with Crippen LogP contribution in [-0.4, -0.2) is 53.1 Å². The Balaban J connectivity index is 1.77. The molecule has 140 valence electrons. The Kier molecular flexibility index (Phi) is 5.88. The third-order valence-electron chi connectivity index (χ3n) is 4.88. The zero-order valence-electron chi connectivity index (χ0n) is 15.4. The fourth-order valence-electron chi connectivity index (χ4n) is 3.29. The van der Waals surface area contributed by atoms with Crippen molar-refractivity contribution in [1.82, 2.24) is 19.8 Å². The first-order valence-corrected chi connectivity index (χ1v) is 9.06. The average molecular weight is 358 g/mol. The number of methoxy groups -OCH3 is 1. The van der Waals surface area contributed by atoms with E-state index in [0.29, 0.717) is 11.7 Å². The van der Waals surface area contributed by atoms with Crippen LogP contribution >= 0.6 is 0 Å². The minimum atomic E-state index is -0.206. The molecule has 2 amide bonds. The highest BCUT2D eigenvalue weighted by atomic mass is 16.5. The number of amides is 2. The molecule has 7 heteroatoms. The molecular formula is C19H26N4O3. The quantitative estimate of drug-likeness (QED) is 0.850. The van der Waals surface area contributed by atoms with Crippen molar-refractivity contribution >= 4 is 22.8 Å². The smallest absolute Gasteiger partial charge is 0.246 e. The van der Waals surface area contributed by atoms with Gasteiger partial charge in [-0.2, -0.15) is 0 Å². The lowest BCUT2D eigenvalue weighted by Gasteiger charge is -2.30. The van der Waals surface area contributed by atoms with Crippen molar-refractivity contribution < 1.29 is 14.3 Å². The summed E-state index contributed by atoms with van der Waals surface area (Å²) in [6.07, 6.45) is 2.10. The van der Waals surface area contributed by atoms with Gasteiger partial charge < -0.3 is 19.5 Å². The van der Waals surface area contributed by atoms with Gasteiger partial charge in [-0.3, -0.25) is 9.59 Å². The van der Waals surface area contributed by atoms with Gasteiger partial charge in [-0.1, -0.05) is 19.1 Å². The van der Waals surface area contributed by atoms with E-state index in [1.165, 1.54) is 7.11 Å². The number of para-hydroxylation sites is 2. The van der Waals surface area contributed by atoms with Crippen molar-refractivity contribution in [3.63, 3.8) is 0 Å². The van der Waals surface area contributed by atoms with Gasteiger partial charge in [0, 0.05) is 20.2 Å². The Bertz CT molecular complexity index is 778. The van der Waals surface area contributed by atoms with E-state index < -0.39 is 0 Å². The second kappa shape index (κ2) is 8.31. The predicted molar refractivity (Wildman–Crippen MR) is 98.4 cm³/mol. The molecule has 0 saturated carbocycles. The summed E-state index contributed by atoms with van der Waals surface area (Å²) < 4.78 is 6.74. The summed E-state index contributed by atoms with van der Waals surface area (Å²) in [4.78, 5) is 31.0. The fourth-order valence-corrected chi connectivity index (χ4v) is 3.29. The van der Waals surface area contributed by atoms with E-state index in [1.807, 2.05) is 33.7 Å². The van der Waals surface area contributed by atoms with E-state index in [4.69, 9.17) is 4.74 Å². The summed E-state index contributed by atoms with van der Waals surface area (Å²) in [7, 11) is 1.48. The lowest BCUT2D eigenvalue weighted by atomic mass is 9.99. The topological polar surface area (TPSA) is 76.5 Å². The highest BCUT2D eigenvalue weighted by Crippen LogP contribution is 2.19. The maximum absolute atomic E-state index is 12.8. The molecule has 1 aliphatic rings. The van der Waals surface area contributed by atoms with Crippen molar-refractivity contribution in [2.24, 2.45) is 5.92 Å². The summed E-state index contributed by atoms with van der Waals surface area (Å²) in [6, 6.07) is 7.72. The van der Waals surface area contributed by atoms with Crippen molar-refractivity contribution in [3.05, 3.63) is 30.1 Å². The number of carbonyl (C=O) groups is 2. The summed E-state index contributed by atoms with van der Waals surface area (Å²) in [5.74, 6) is 1.25. The summed E-state index contributed by atoms with van der Waals surface area (Å²) in [5, 5.41) is 2.79. The Hall–Kier alpha value is -2.41. The van der Waals surface area contributed by atoms with Crippen LogP contribution in [0.4, 0.5) is 0 Å². The first-order chi connectivity index (χ1) is 12.6. The van der Waals surface area contributed by atoms with Gasteiger partial charge in [0.2, 0.25) is 11.8 Å². The van der Waals surface area contributed by atoms with E-state index in [2.05, 4.69) is 17.2 Å². The number of piperidine rings is 1. The van der Waals surface area contributed by atoms with E-state index in [1.54, 1.807) is 0 Å². The second-order valence-corrected chi connectivity index (χ2v) is 6.88. The molecule has 0 bridgehead atoms. The van der Waals surface area contributed by atoms with Gasteiger partial charge in [-0.25, -0.2) is 4.98 Å². The second-order valence-electron chi connectivity index (χ2n) is 6.88. The number of carbonyl (C=O) groups excluding carboxylic acids is 2. The van der Waals surface area contributed by atoms with E-state index in [9.17, 15) is 9.59 Å². The number of ether oxygens (including phenoxy) is 1. The van der Waals surface area contributed by atoms with Gasteiger partial charge in [0.15, 0.2) is 0 Å². The number of hydrogen-bond donors (Lipinski definition) is 1. The van der Waals surface area contributed by atoms with Crippen LogP contribution in [0.2, 0.25) is 0 Å². The number of fused-ring (bicyclic) bond motifs is 1. The number of likely N-dealkylation sites (tertiary alicyclic amines) is 1. The van der Waals surface area contributed by atoms with Crippen molar-refractivity contribution in [1.29, 1.82) is 0 Å². The van der Waals surface area contributed by atoms with Crippen molar-refractivity contribution in [2.45, 2.75) is 32.9 Å². The Labute approximate surface area is 153 Å². The monoisotopic (exact) mass is 358 g/mol. The number of benzene rings is 1. The molecule has 2 aromatic rings. The predicted octanol–water partition coefficient (Wildman–Crippen LogP) is 1.56. The van der Waals surface area contributed by atoms with E-state index in [-0.39, 0.29) is 31.5 Å². The molecule has 1 aliphatic heterocycles. The molecule has 26 heavy (non-hydrogen) atoms. The highest BCUT2D eigenvalue weighted by Gasteiger charge is 2.22. The molecule has 3 rings (SSSR count). The van der Waals surface area contributed by atoms with Crippen LogP contribution in [0.15, 0.2) is 24.3 Å². The van der Waals surface area contributed by atoms with E-state index >= 15 is 0 Å². The van der Waals surface area contributed by atoms with Gasteiger partial charge >= 0.3 is 0 Å². The number of imidazole rings is 1. The van der Waals surface area contributed by atoms with Crippen LogP contribution in [0, 0.1) is 5.92 Å². The van der Waals surface area contributed by atoms with Crippen LogP contribution in [0.1, 0.15) is 25.6 Å². The normalized spacial score (nSPS) is 15.4. The van der Waals surface area contributed by atoms with Crippen LogP contribution < -0.4 is 5.32 Å². The molecule has 0 radical (unpaired) electrons.